The lowest BCUT2D eigenvalue weighted by atomic mass is 10.0. The van der Waals surface area contributed by atoms with Crippen LogP contribution >= 0.6 is 23.1 Å². The summed E-state index contributed by atoms with van der Waals surface area (Å²) in [5.74, 6) is 0.887. The van der Waals surface area contributed by atoms with E-state index in [1.165, 1.54) is 17.3 Å². The zero-order valence-electron chi connectivity index (χ0n) is 16.5. The van der Waals surface area contributed by atoms with Crippen LogP contribution < -0.4 is 0 Å². The van der Waals surface area contributed by atoms with E-state index in [4.69, 9.17) is 0 Å². The molecular weight excluding hydrogens is 398 g/mol. The minimum atomic E-state index is -0.278. The molecule has 0 fully saturated rings. The second-order valence-corrected chi connectivity index (χ2v) is 9.13. The van der Waals surface area contributed by atoms with Crippen LogP contribution in [-0.2, 0) is 0 Å². The van der Waals surface area contributed by atoms with Crippen molar-refractivity contribution in [3.05, 3.63) is 82.7 Å². The van der Waals surface area contributed by atoms with Crippen LogP contribution in [0.5, 0.6) is 0 Å². The van der Waals surface area contributed by atoms with Gasteiger partial charge in [0, 0.05) is 11.3 Å². The molecule has 0 aliphatic heterocycles. The number of rotatable bonds is 6. The fraction of sp³-hybridized carbons (Fsp3) is 0.174. The molecule has 2 aromatic heterocycles. The molecule has 0 unspecified atom stereocenters. The summed E-state index contributed by atoms with van der Waals surface area (Å²) in [6.07, 6.45) is 0. The highest BCUT2D eigenvalue weighted by Crippen LogP contribution is 2.32. The molecule has 146 valence electrons. The second-order valence-electron chi connectivity index (χ2n) is 6.88. The quantitative estimate of drug-likeness (QED) is 0.285. The van der Waals surface area contributed by atoms with Gasteiger partial charge in [0.15, 0.2) is 16.8 Å². The first-order valence-corrected chi connectivity index (χ1v) is 11.1. The Bertz CT molecular complexity index is 1130. The van der Waals surface area contributed by atoms with Gasteiger partial charge in [0.2, 0.25) is 0 Å². The zero-order chi connectivity index (χ0) is 20.4. The predicted octanol–water partition coefficient (Wildman–Crippen LogP) is 5.98. The first kappa shape index (κ1) is 19.6. The fourth-order valence-electron chi connectivity index (χ4n) is 3.06. The van der Waals surface area contributed by atoms with Gasteiger partial charge in [-0.25, -0.2) is 0 Å². The number of para-hydroxylation sites is 1. The van der Waals surface area contributed by atoms with Crippen LogP contribution in [0.1, 0.15) is 28.4 Å². The van der Waals surface area contributed by atoms with Crippen LogP contribution in [-0.4, -0.2) is 25.8 Å². The van der Waals surface area contributed by atoms with Gasteiger partial charge in [-0.05, 0) is 61.5 Å². The van der Waals surface area contributed by atoms with Crippen molar-refractivity contribution in [2.45, 2.75) is 31.2 Å². The van der Waals surface area contributed by atoms with Crippen LogP contribution in [0.4, 0.5) is 0 Å². The van der Waals surface area contributed by atoms with E-state index in [0.29, 0.717) is 5.16 Å². The van der Waals surface area contributed by atoms with Gasteiger partial charge in [0.25, 0.3) is 0 Å². The summed E-state index contributed by atoms with van der Waals surface area (Å²) in [6, 6.07) is 19.9. The van der Waals surface area contributed by atoms with Gasteiger partial charge < -0.3 is 0 Å². The Kier molecular flexibility index (Phi) is 5.65. The van der Waals surface area contributed by atoms with Crippen LogP contribution in [0.2, 0.25) is 0 Å². The Labute approximate surface area is 178 Å². The summed E-state index contributed by atoms with van der Waals surface area (Å²) >= 11 is 3.06. The van der Waals surface area contributed by atoms with E-state index in [1.54, 1.807) is 11.3 Å². The van der Waals surface area contributed by atoms with E-state index in [9.17, 15) is 4.79 Å². The highest BCUT2D eigenvalue weighted by atomic mass is 32.2. The number of aromatic nitrogens is 3. The number of carbonyl (C=O) groups is 1. The molecule has 0 spiro atoms. The molecule has 0 N–H and O–H groups in total. The number of thioether (sulfide) groups is 1. The van der Waals surface area contributed by atoms with E-state index in [-0.39, 0.29) is 11.0 Å². The molecule has 1 atom stereocenters. The molecule has 4 aromatic rings. The minimum Gasteiger partial charge on any atom is -0.293 e. The SMILES string of the molecule is Cc1ccc(C(=O)[C@@H](C)Sc2nnc(-c3cccs3)n2-c2ccccc2)cc1C. The van der Waals surface area contributed by atoms with Crippen molar-refractivity contribution in [3.63, 3.8) is 0 Å². The first-order chi connectivity index (χ1) is 14.0. The Balaban J connectivity index is 1.68. The molecule has 0 saturated heterocycles. The largest absolute Gasteiger partial charge is 0.293 e. The molecule has 4 rings (SSSR count). The lowest BCUT2D eigenvalue weighted by Crippen LogP contribution is -2.15. The summed E-state index contributed by atoms with van der Waals surface area (Å²) in [5.41, 5.74) is 4.03. The van der Waals surface area contributed by atoms with Crippen molar-refractivity contribution in [1.29, 1.82) is 0 Å². The van der Waals surface area contributed by atoms with E-state index in [2.05, 4.69) is 17.1 Å². The van der Waals surface area contributed by atoms with Crippen LogP contribution in [0, 0.1) is 13.8 Å². The average Bonchev–Trinajstić information content (AvgIpc) is 3.40. The minimum absolute atomic E-state index is 0.0957. The van der Waals surface area contributed by atoms with E-state index in [1.807, 2.05) is 84.5 Å². The van der Waals surface area contributed by atoms with Crippen molar-refractivity contribution < 1.29 is 4.79 Å². The number of thiophene rings is 1. The third-order valence-electron chi connectivity index (χ3n) is 4.83. The molecule has 0 saturated carbocycles. The summed E-state index contributed by atoms with van der Waals surface area (Å²) < 4.78 is 2.03. The number of aryl methyl sites for hydroxylation is 2. The van der Waals surface area contributed by atoms with Gasteiger partial charge in [-0.2, -0.15) is 0 Å². The Hall–Kier alpha value is -2.70. The van der Waals surface area contributed by atoms with E-state index < -0.39 is 0 Å². The van der Waals surface area contributed by atoms with E-state index in [0.717, 1.165) is 27.5 Å². The second kappa shape index (κ2) is 8.35. The number of Topliss-reactive ketones (excluding diaryl/α,β-unsaturated/α-hetero) is 1. The van der Waals surface area contributed by atoms with Crippen molar-refractivity contribution in [3.8, 4) is 16.4 Å². The molecule has 0 aliphatic carbocycles. The number of hydrogen-bond donors (Lipinski definition) is 0. The molecule has 0 bridgehead atoms. The zero-order valence-corrected chi connectivity index (χ0v) is 18.1. The Morgan fingerprint density at radius 3 is 2.48 bits per heavy atom. The lowest BCUT2D eigenvalue weighted by Gasteiger charge is -2.13. The summed E-state index contributed by atoms with van der Waals surface area (Å²) in [5, 5.41) is 11.3. The van der Waals surface area contributed by atoms with E-state index >= 15 is 0 Å². The number of carbonyl (C=O) groups excluding carboxylic acids is 1. The number of nitrogens with zero attached hydrogens (tertiary/aromatic N) is 3. The van der Waals surface area contributed by atoms with Crippen LogP contribution in [0.15, 0.2) is 71.2 Å². The maximum absolute atomic E-state index is 13.0. The summed E-state index contributed by atoms with van der Waals surface area (Å²) in [7, 11) is 0. The molecule has 2 aromatic carbocycles. The standard InChI is InChI=1S/C23H21N3OS2/c1-15-11-12-18(14-16(15)2)21(27)17(3)29-23-25-24-22(20-10-7-13-28-20)26(23)19-8-5-4-6-9-19/h4-14,17H,1-3H3/t17-/m1/s1. The molecule has 2 heterocycles. The Morgan fingerprint density at radius 2 is 1.79 bits per heavy atom. The summed E-state index contributed by atoms with van der Waals surface area (Å²) in [6.45, 7) is 6.01. The number of benzene rings is 2. The number of hydrogen-bond acceptors (Lipinski definition) is 5. The van der Waals surface area contributed by atoms with Crippen LogP contribution in [0.3, 0.4) is 0 Å². The average molecular weight is 420 g/mol. The molecule has 0 amide bonds. The molecule has 6 heteroatoms. The summed E-state index contributed by atoms with van der Waals surface area (Å²) in [4.78, 5) is 14.1. The van der Waals surface area contributed by atoms with Crippen LogP contribution in [0.25, 0.3) is 16.4 Å². The lowest BCUT2D eigenvalue weighted by molar-refractivity contribution is 0.0993. The van der Waals surface area contributed by atoms with Gasteiger partial charge in [0.1, 0.15) is 0 Å². The molecule has 4 nitrogen and oxygen atoms in total. The first-order valence-electron chi connectivity index (χ1n) is 9.37. The van der Waals surface area contributed by atoms with Gasteiger partial charge in [-0.1, -0.05) is 48.2 Å². The third kappa shape index (κ3) is 4.04. The third-order valence-corrected chi connectivity index (χ3v) is 6.74. The predicted molar refractivity (Wildman–Crippen MR) is 120 cm³/mol. The maximum Gasteiger partial charge on any atom is 0.196 e. The normalized spacial score (nSPS) is 12.1. The van der Waals surface area contributed by atoms with Crippen molar-refractivity contribution in [2.75, 3.05) is 0 Å². The molecule has 29 heavy (non-hydrogen) atoms. The highest BCUT2D eigenvalue weighted by molar-refractivity contribution is 8.00. The fourth-order valence-corrected chi connectivity index (χ4v) is 4.71. The van der Waals surface area contributed by atoms with Gasteiger partial charge in [0.05, 0.1) is 10.1 Å². The monoisotopic (exact) mass is 419 g/mol. The van der Waals surface area contributed by atoms with Gasteiger partial charge >= 0.3 is 0 Å². The highest BCUT2D eigenvalue weighted by Gasteiger charge is 2.23. The smallest absolute Gasteiger partial charge is 0.196 e. The molecule has 0 aliphatic rings. The van der Waals surface area contributed by atoms with Crippen molar-refractivity contribution in [2.24, 2.45) is 0 Å². The molecule has 0 radical (unpaired) electrons. The maximum atomic E-state index is 13.0. The number of ketones is 1. The molecular formula is C23H21N3OS2. The topological polar surface area (TPSA) is 47.8 Å². The van der Waals surface area contributed by atoms with Crippen molar-refractivity contribution >= 4 is 28.9 Å². The van der Waals surface area contributed by atoms with Gasteiger partial charge in [-0.15, -0.1) is 21.5 Å². The Morgan fingerprint density at radius 1 is 1.00 bits per heavy atom. The van der Waals surface area contributed by atoms with Gasteiger partial charge in [-0.3, -0.25) is 9.36 Å². The van der Waals surface area contributed by atoms with Crippen molar-refractivity contribution in [1.82, 2.24) is 14.8 Å².